The number of ether oxygens (including phenoxy) is 5. The number of rotatable bonds is 7. The maximum atomic E-state index is 11.7. The molecule has 8 nitrogen and oxygen atoms in total. The summed E-state index contributed by atoms with van der Waals surface area (Å²) in [5, 5.41) is -0.687. The van der Waals surface area contributed by atoms with Gasteiger partial charge >= 0.3 is 17.9 Å². The van der Waals surface area contributed by atoms with Crippen molar-refractivity contribution in [2.75, 3.05) is 6.61 Å². The highest BCUT2D eigenvalue weighted by atomic mass is 79.9. The number of carbonyl (C=O) groups excluding carboxylic acids is 3. The van der Waals surface area contributed by atoms with Crippen LogP contribution in [0.15, 0.2) is 30.3 Å². The topological polar surface area (TPSA) is 97.4 Å². The van der Waals surface area contributed by atoms with Crippen molar-refractivity contribution >= 4 is 33.8 Å². The summed E-state index contributed by atoms with van der Waals surface area (Å²) >= 11 is 3.38. The second-order valence-corrected chi connectivity index (χ2v) is 7.14. The highest BCUT2D eigenvalue weighted by Gasteiger charge is 2.50. The number of benzene rings is 1. The van der Waals surface area contributed by atoms with Gasteiger partial charge in [-0.1, -0.05) is 46.3 Å². The van der Waals surface area contributed by atoms with Gasteiger partial charge in [-0.2, -0.15) is 0 Å². The van der Waals surface area contributed by atoms with Crippen molar-refractivity contribution in [3.63, 3.8) is 0 Å². The predicted octanol–water partition coefficient (Wildman–Crippen LogP) is 2.12. The summed E-state index contributed by atoms with van der Waals surface area (Å²) in [7, 11) is 0. The lowest BCUT2D eigenvalue weighted by Gasteiger charge is -2.43. The van der Waals surface area contributed by atoms with Crippen molar-refractivity contribution in [2.24, 2.45) is 0 Å². The van der Waals surface area contributed by atoms with Gasteiger partial charge in [0, 0.05) is 20.8 Å². The highest BCUT2D eigenvalue weighted by Crippen LogP contribution is 2.32. The van der Waals surface area contributed by atoms with Crippen LogP contribution in [0, 0.1) is 0 Å². The van der Waals surface area contributed by atoms with Crippen molar-refractivity contribution in [2.45, 2.75) is 56.8 Å². The van der Waals surface area contributed by atoms with Gasteiger partial charge in [-0.3, -0.25) is 14.4 Å². The zero-order chi connectivity index (χ0) is 20.7. The quantitative estimate of drug-likeness (QED) is 0.348. The first-order valence-electron chi connectivity index (χ1n) is 8.70. The van der Waals surface area contributed by atoms with Crippen LogP contribution < -0.4 is 0 Å². The Morgan fingerprint density at radius 3 is 2.11 bits per heavy atom. The molecule has 0 N–H and O–H groups in total. The minimum absolute atomic E-state index is 0.168. The molecule has 0 aliphatic carbocycles. The van der Waals surface area contributed by atoms with E-state index < -0.39 is 47.3 Å². The zero-order valence-corrected chi connectivity index (χ0v) is 17.4. The average molecular weight is 459 g/mol. The van der Waals surface area contributed by atoms with Gasteiger partial charge in [-0.25, -0.2) is 0 Å². The van der Waals surface area contributed by atoms with E-state index in [0.29, 0.717) is 0 Å². The summed E-state index contributed by atoms with van der Waals surface area (Å²) < 4.78 is 27.5. The Labute approximate surface area is 171 Å². The van der Waals surface area contributed by atoms with E-state index in [1.807, 2.05) is 30.3 Å². The molecule has 0 bridgehead atoms. The Hall–Kier alpha value is -1.97. The van der Waals surface area contributed by atoms with Crippen molar-refractivity contribution in [1.29, 1.82) is 0 Å². The van der Waals surface area contributed by atoms with Gasteiger partial charge < -0.3 is 23.7 Å². The number of hydrogen-bond donors (Lipinski definition) is 0. The normalized spacial score (nSPS) is 26.9. The van der Waals surface area contributed by atoms with E-state index in [4.69, 9.17) is 23.7 Å². The van der Waals surface area contributed by atoms with Crippen LogP contribution >= 0.6 is 15.9 Å². The van der Waals surface area contributed by atoms with Crippen molar-refractivity contribution in [1.82, 2.24) is 0 Å². The molecule has 1 aliphatic rings. The fourth-order valence-corrected chi connectivity index (χ4v) is 3.53. The summed E-state index contributed by atoms with van der Waals surface area (Å²) in [6, 6.07) is 9.42. The van der Waals surface area contributed by atoms with Crippen LogP contribution in [0.4, 0.5) is 0 Å². The van der Waals surface area contributed by atoms with E-state index in [2.05, 4.69) is 15.9 Å². The van der Waals surface area contributed by atoms with Crippen LogP contribution in [0.1, 0.15) is 26.3 Å². The summed E-state index contributed by atoms with van der Waals surface area (Å²) in [5.74, 6) is -1.67. The van der Waals surface area contributed by atoms with E-state index in [0.717, 1.165) is 5.56 Å². The Bertz CT molecular complexity index is 680. The molecule has 154 valence electrons. The summed E-state index contributed by atoms with van der Waals surface area (Å²) in [4.78, 5) is 34.5. The lowest BCUT2D eigenvalue weighted by atomic mass is 9.99. The van der Waals surface area contributed by atoms with E-state index in [1.165, 1.54) is 20.8 Å². The Morgan fingerprint density at radius 2 is 1.54 bits per heavy atom. The minimum Gasteiger partial charge on any atom is -0.463 e. The largest absolute Gasteiger partial charge is 0.463 e. The lowest BCUT2D eigenvalue weighted by molar-refractivity contribution is -0.240. The number of esters is 3. The number of halogens is 1. The first-order chi connectivity index (χ1) is 13.3. The van der Waals surface area contributed by atoms with Crippen molar-refractivity contribution in [3.05, 3.63) is 35.9 Å². The molecule has 28 heavy (non-hydrogen) atoms. The van der Waals surface area contributed by atoms with Crippen LogP contribution in [0.3, 0.4) is 0 Å². The first-order valence-corrected chi connectivity index (χ1v) is 9.62. The average Bonchev–Trinajstić information content (AvgIpc) is 2.62. The molecule has 0 radical (unpaired) electrons. The molecule has 1 aromatic rings. The van der Waals surface area contributed by atoms with Gasteiger partial charge in [0.2, 0.25) is 0 Å². The highest BCUT2D eigenvalue weighted by molar-refractivity contribution is 9.09. The van der Waals surface area contributed by atoms with Gasteiger partial charge in [-0.15, -0.1) is 0 Å². The van der Waals surface area contributed by atoms with E-state index in [1.54, 1.807) is 0 Å². The first kappa shape index (κ1) is 22.3. The molecule has 0 amide bonds. The summed E-state index contributed by atoms with van der Waals surface area (Å²) in [5.41, 5.74) is 0.912. The maximum absolute atomic E-state index is 11.7. The fraction of sp³-hybridized carbons (Fsp3) is 0.526. The number of hydrogen-bond acceptors (Lipinski definition) is 8. The summed E-state index contributed by atoms with van der Waals surface area (Å²) in [6.45, 7) is 3.80. The molecular formula is C19H23BrO8. The van der Waals surface area contributed by atoms with Crippen molar-refractivity contribution in [3.8, 4) is 0 Å². The second kappa shape index (κ2) is 10.5. The Morgan fingerprint density at radius 1 is 0.929 bits per heavy atom. The van der Waals surface area contributed by atoms with Gasteiger partial charge in [0.05, 0.1) is 6.61 Å². The minimum atomic E-state index is -1.00. The SMILES string of the molecule is CC(=O)OC[C@H]1O[C@H](Br)[C@H](OCc2ccccc2)[C@@H](OC(C)=O)[C@@H]1OC(C)=O. The molecule has 0 aromatic heterocycles. The molecule has 9 heteroatoms. The smallest absolute Gasteiger partial charge is 0.303 e. The lowest BCUT2D eigenvalue weighted by Crippen LogP contribution is -2.60. The third-order valence-electron chi connectivity index (χ3n) is 3.92. The predicted molar refractivity (Wildman–Crippen MR) is 100 cm³/mol. The zero-order valence-electron chi connectivity index (χ0n) is 15.8. The van der Waals surface area contributed by atoms with E-state index in [9.17, 15) is 14.4 Å². The van der Waals surface area contributed by atoms with Crippen LogP contribution in [-0.2, 0) is 44.7 Å². The van der Waals surface area contributed by atoms with Crippen LogP contribution in [0.25, 0.3) is 0 Å². The van der Waals surface area contributed by atoms with E-state index in [-0.39, 0.29) is 13.2 Å². The second-order valence-electron chi connectivity index (χ2n) is 6.24. The Balaban J connectivity index is 2.22. The Kier molecular flexibility index (Phi) is 8.40. The molecule has 1 fully saturated rings. The third kappa shape index (κ3) is 6.57. The summed E-state index contributed by atoms with van der Waals surface area (Å²) in [6.07, 6.45) is -3.56. The molecule has 1 heterocycles. The van der Waals surface area contributed by atoms with E-state index >= 15 is 0 Å². The molecule has 1 aliphatic heterocycles. The number of alkyl halides is 1. The van der Waals surface area contributed by atoms with Gasteiger partial charge in [0.15, 0.2) is 12.2 Å². The van der Waals surface area contributed by atoms with Crippen LogP contribution in [0.5, 0.6) is 0 Å². The molecule has 1 saturated heterocycles. The third-order valence-corrected chi connectivity index (χ3v) is 4.65. The van der Waals surface area contributed by atoms with Crippen LogP contribution in [-0.4, -0.2) is 53.9 Å². The molecule has 2 rings (SSSR count). The maximum Gasteiger partial charge on any atom is 0.303 e. The standard InChI is InChI=1S/C19H23BrO8/c1-11(21)24-10-15-16(26-12(2)22)17(27-13(3)23)18(19(20)28-15)25-9-14-7-5-4-6-8-14/h4-8,15-19H,9-10H2,1-3H3/t15-,16-,17+,18-,19+/m1/s1. The monoisotopic (exact) mass is 458 g/mol. The van der Waals surface area contributed by atoms with Gasteiger partial charge in [0.25, 0.3) is 0 Å². The van der Waals surface area contributed by atoms with Crippen molar-refractivity contribution < 1.29 is 38.1 Å². The van der Waals surface area contributed by atoms with Gasteiger partial charge in [-0.05, 0) is 5.56 Å². The fourth-order valence-electron chi connectivity index (χ4n) is 2.80. The molecule has 0 unspecified atom stereocenters. The molecule has 1 aromatic carbocycles. The molecule has 0 spiro atoms. The molecule has 5 atom stereocenters. The molecule has 0 saturated carbocycles. The van der Waals surface area contributed by atoms with Crippen LogP contribution in [0.2, 0.25) is 0 Å². The van der Waals surface area contributed by atoms with Gasteiger partial charge in [0.1, 0.15) is 23.8 Å². The number of carbonyl (C=O) groups is 3. The molecular weight excluding hydrogens is 436 g/mol.